The summed E-state index contributed by atoms with van der Waals surface area (Å²) < 4.78 is 11.1. The molecule has 90 valence electrons. The minimum Gasteiger partial charge on any atom is -0.389 e. The third-order valence-electron chi connectivity index (χ3n) is 2.79. The number of aliphatic hydroxyl groups is 1. The third-order valence-corrected chi connectivity index (χ3v) is 2.79. The topological polar surface area (TPSA) is 50.7 Å². The predicted octanol–water partition coefficient (Wildman–Crippen LogP) is 0.888. The maximum absolute atomic E-state index is 9.82. The van der Waals surface area contributed by atoms with Gasteiger partial charge in [-0.05, 0) is 40.2 Å². The summed E-state index contributed by atoms with van der Waals surface area (Å²) in [6, 6.07) is -0.0666. The lowest BCUT2D eigenvalue weighted by molar-refractivity contribution is -0.173. The molecule has 1 fully saturated rings. The number of hydrogen-bond acceptors (Lipinski definition) is 4. The molecule has 4 nitrogen and oxygen atoms in total. The van der Waals surface area contributed by atoms with E-state index in [0.717, 1.165) is 25.9 Å². The molecule has 0 aliphatic carbocycles. The number of likely N-dealkylation sites (N-methyl/N-ethyl adjacent to an activating group) is 1. The smallest absolute Gasteiger partial charge is 0.157 e. The summed E-state index contributed by atoms with van der Waals surface area (Å²) >= 11 is 0. The Balaban J connectivity index is 2.27. The fourth-order valence-corrected chi connectivity index (χ4v) is 1.69. The van der Waals surface area contributed by atoms with Crippen molar-refractivity contribution < 1.29 is 14.6 Å². The summed E-state index contributed by atoms with van der Waals surface area (Å²) in [7, 11) is 1.83. The van der Waals surface area contributed by atoms with Crippen molar-refractivity contribution in [2.24, 2.45) is 0 Å². The molecule has 0 amide bonds. The van der Waals surface area contributed by atoms with Crippen LogP contribution in [0.1, 0.15) is 33.1 Å². The first kappa shape index (κ1) is 12.9. The summed E-state index contributed by atoms with van der Waals surface area (Å²) in [5.41, 5.74) is -0.774. The van der Waals surface area contributed by atoms with Crippen LogP contribution in [0.5, 0.6) is 0 Å². The Kier molecular flexibility index (Phi) is 4.99. The molecule has 2 N–H and O–H groups in total. The number of nitrogens with one attached hydrogen (secondary N) is 1. The van der Waals surface area contributed by atoms with Crippen LogP contribution in [0.15, 0.2) is 0 Å². The van der Waals surface area contributed by atoms with E-state index in [4.69, 9.17) is 9.47 Å². The lowest BCUT2D eigenvalue weighted by atomic mass is 10.0. The molecule has 0 aromatic rings. The second-order valence-corrected chi connectivity index (χ2v) is 4.62. The van der Waals surface area contributed by atoms with Gasteiger partial charge in [0.05, 0.1) is 18.2 Å². The Labute approximate surface area is 92.0 Å². The molecule has 1 unspecified atom stereocenters. The Hall–Kier alpha value is -0.160. The molecule has 2 atom stereocenters. The van der Waals surface area contributed by atoms with Crippen LogP contribution in [0.25, 0.3) is 0 Å². The van der Waals surface area contributed by atoms with Gasteiger partial charge in [-0.25, -0.2) is 0 Å². The zero-order chi connectivity index (χ0) is 11.3. The van der Waals surface area contributed by atoms with E-state index in [-0.39, 0.29) is 12.3 Å². The zero-order valence-corrected chi connectivity index (χ0v) is 9.95. The summed E-state index contributed by atoms with van der Waals surface area (Å²) in [5.74, 6) is 0. The van der Waals surface area contributed by atoms with E-state index in [2.05, 4.69) is 5.32 Å². The van der Waals surface area contributed by atoms with Gasteiger partial charge in [0.2, 0.25) is 0 Å². The third kappa shape index (κ3) is 4.47. The molecule has 1 saturated heterocycles. The van der Waals surface area contributed by atoms with Gasteiger partial charge in [-0.15, -0.1) is 0 Å². The Morgan fingerprint density at radius 3 is 2.73 bits per heavy atom. The van der Waals surface area contributed by atoms with Gasteiger partial charge in [-0.2, -0.15) is 0 Å². The highest BCUT2D eigenvalue weighted by molar-refractivity contribution is 4.82. The van der Waals surface area contributed by atoms with Crippen LogP contribution in [0.3, 0.4) is 0 Å². The first-order valence-corrected chi connectivity index (χ1v) is 5.67. The molecule has 1 aliphatic heterocycles. The van der Waals surface area contributed by atoms with Crippen LogP contribution < -0.4 is 5.32 Å². The van der Waals surface area contributed by atoms with Gasteiger partial charge >= 0.3 is 0 Å². The van der Waals surface area contributed by atoms with Gasteiger partial charge < -0.3 is 19.9 Å². The van der Waals surface area contributed by atoms with Crippen LogP contribution in [-0.4, -0.2) is 43.3 Å². The van der Waals surface area contributed by atoms with E-state index in [1.165, 1.54) is 0 Å². The molecule has 0 aromatic carbocycles. The summed E-state index contributed by atoms with van der Waals surface area (Å²) in [5, 5.41) is 12.9. The molecule has 15 heavy (non-hydrogen) atoms. The first-order valence-electron chi connectivity index (χ1n) is 5.67. The van der Waals surface area contributed by atoms with E-state index in [0.29, 0.717) is 6.61 Å². The molecule has 0 radical (unpaired) electrons. The molecule has 0 spiro atoms. The van der Waals surface area contributed by atoms with Gasteiger partial charge in [0.1, 0.15) is 0 Å². The normalized spacial score (nSPS) is 25.2. The molecule has 1 rings (SSSR count). The molecule has 4 heteroatoms. The molecule has 0 bridgehead atoms. The minimum atomic E-state index is -0.774. The molecule has 0 saturated carbocycles. The van der Waals surface area contributed by atoms with Gasteiger partial charge in [0, 0.05) is 6.61 Å². The van der Waals surface area contributed by atoms with Crippen LogP contribution in [0.4, 0.5) is 0 Å². The average Bonchev–Trinajstić information content (AvgIpc) is 2.18. The molecule has 1 aliphatic rings. The van der Waals surface area contributed by atoms with Gasteiger partial charge in [-0.1, -0.05) is 0 Å². The number of hydrogen-bond donors (Lipinski definition) is 2. The van der Waals surface area contributed by atoms with Gasteiger partial charge in [0.25, 0.3) is 0 Å². The van der Waals surface area contributed by atoms with Crippen LogP contribution in [0.2, 0.25) is 0 Å². The van der Waals surface area contributed by atoms with E-state index < -0.39 is 5.60 Å². The van der Waals surface area contributed by atoms with Crippen molar-refractivity contribution in [3.8, 4) is 0 Å². The van der Waals surface area contributed by atoms with Gasteiger partial charge in [-0.3, -0.25) is 0 Å². The van der Waals surface area contributed by atoms with Crippen molar-refractivity contribution in [3.05, 3.63) is 0 Å². The van der Waals surface area contributed by atoms with E-state index >= 15 is 0 Å². The van der Waals surface area contributed by atoms with Crippen LogP contribution in [-0.2, 0) is 9.47 Å². The summed E-state index contributed by atoms with van der Waals surface area (Å²) in [6.07, 6.45) is 3.16. The number of rotatable bonds is 5. The highest BCUT2D eigenvalue weighted by Crippen LogP contribution is 2.16. The predicted molar refractivity (Wildman–Crippen MR) is 58.7 cm³/mol. The van der Waals surface area contributed by atoms with E-state index in [1.807, 2.05) is 7.05 Å². The van der Waals surface area contributed by atoms with Crippen molar-refractivity contribution in [2.75, 3.05) is 20.3 Å². The maximum atomic E-state index is 9.82. The largest absolute Gasteiger partial charge is 0.389 e. The Bertz CT molecular complexity index is 173. The standard InChI is InChI=1S/C11H23NO3/c1-11(2,13)9(12-3)8-15-10-6-4-5-7-14-10/h9-10,12-13H,4-8H2,1-3H3/t9-,10?/m1/s1. The van der Waals surface area contributed by atoms with Crippen molar-refractivity contribution in [2.45, 2.75) is 51.0 Å². The fourth-order valence-electron chi connectivity index (χ4n) is 1.69. The van der Waals surface area contributed by atoms with E-state index in [1.54, 1.807) is 13.8 Å². The lowest BCUT2D eigenvalue weighted by Gasteiger charge is -2.31. The van der Waals surface area contributed by atoms with Crippen molar-refractivity contribution in [3.63, 3.8) is 0 Å². The van der Waals surface area contributed by atoms with Crippen LogP contribution >= 0.6 is 0 Å². The zero-order valence-electron chi connectivity index (χ0n) is 9.95. The van der Waals surface area contributed by atoms with E-state index in [9.17, 15) is 5.11 Å². The second-order valence-electron chi connectivity index (χ2n) is 4.62. The Morgan fingerprint density at radius 1 is 1.53 bits per heavy atom. The second kappa shape index (κ2) is 5.80. The molecule has 1 heterocycles. The quantitative estimate of drug-likeness (QED) is 0.718. The lowest BCUT2D eigenvalue weighted by Crippen LogP contribution is -2.49. The van der Waals surface area contributed by atoms with Crippen LogP contribution in [0, 0.1) is 0 Å². The summed E-state index contributed by atoms with van der Waals surface area (Å²) in [6.45, 7) is 4.82. The molecular weight excluding hydrogens is 194 g/mol. The SMILES string of the molecule is CN[C@H](COC1CCCCO1)C(C)(C)O. The van der Waals surface area contributed by atoms with Crippen molar-refractivity contribution in [1.29, 1.82) is 0 Å². The minimum absolute atomic E-state index is 0.0666. The highest BCUT2D eigenvalue weighted by Gasteiger charge is 2.26. The first-order chi connectivity index (χ1) is 7.04. The fraction of sp³-hybridized carbons (Fsp3) is 1.00. The Morgan fingerprint density at radius 2 is 2.27 bits per heavy atom. The number of ether oxygens (including phenoxy) is 2. The monoisotopic (exact) mass is 217 g/mol. The average molecular weight is 217 g/mol. The molecule has 0 aromatic heterocycles. The maximum Gasteiger partial charge on any atom is 0.157 e. The van der Waals surface area contributed by atoms with Crippen molar-refractivity contribution >= 4 is 0 Å². The summed E-state index contributed by atoms with van der Waals surface area (Å²) in [4.78, 5) is 0. The van der Waals surface area contributed by atoms with Gasteiger partial charge in [0.15, 0.2) is 6.29 Å². The van der Waals surface area contributed by atoms with Crippen molar-refractivity contribution in [1.82, 2.24) is 5.32 Å². The highest BCUT2D eigenvalue weighted by atomic mass is 16.7. The molecular formula is C11H23NO3.